The number of hydrogen-bond donors (Lipinski definition) is 2. The molecule has 5 nitrogen and oxygen atoms in total. The van der Waals surface area contributed by atoms with E-state index in [0.29, 0.717) is 13.0 Å². The number of carbonyl (C=O) groups is 1. The molecule has 70 valence electrons. The molecule has 0 saturated carbocycles. The van der Waals surface area contributed by atoms with Gasteiger partial charge in [-0.2, -0.15) is 0 Å². The van der Waals surface area contributed by atoms with Gasteiger partial charge in [0.15, 0.2) is 12.6 Å². The van der Waals surface area contributed by atoms with Crippen LogP contribution < -0.4 is 5.32 Å². The highest BCUT2D eigenvalue weighted by Crippen LogP contribution is 2.17. The SMILES string of the molecule is CC1OC(CCNCC(=O)O)O1. The molecule has 0 atom stereocenters. The minimum atomic E-state index is -0.848. The van der Waals surface area contributed by atoms with E-state index < -0.39 is 5.97 Å². The molecular formula is C7H13NO4. The van der Waals surface area contributed by atoms with Crippen LogP contribution in [0.3, 0.4) is 0 Å². The number of aliphatic carboxylic acids is 1. The molecule has 0 aromatic rings. The first-order valence-electron chi connectivity index (χ1n) is 3.92. The summed E-state index contributed by atoms with van der Waals surface area (Å²) in [6.45, 7) is 2.41. The zero-order valence-electron chi connectivity index (χ0n) is 6.95. The number of ether oxygens (including phenoxy) is 2. The first kappa shape index (κ1) is 9.44. The Balaban J connectivity index is 1.87. The lowest BCUT2D eigenvalue weighted by Gasteiger charge is -2.33. The summed E-state index contributed by atoms with van der Waals surface area (Å²) in [7, 11) is 0. The lowest BCUT2D eigenvalue weighted by Crippen LogP contribution is -2.40. The van der Waals surface area contributed by atoms with Gasteiger partial charge in [0, 0.05) is 13.0 Å². The summed E-state index contributed by atoms with van der Waals surface area (Å²) in [4.78, 5) is 10.1. The highest BCUT2D eigenvalue weighted by atomic mass is 16.9. The Morgan fingerprint density at radius 1 is 1.58 bits per heavy atom. The van der Waals surface area contributed by atoms with E-state index in [4.69, 9.17) is 14.6 Å². The number of rotatable bonds is 5. The van der Waals surface area contributed by atoms with Crippen LogP contribution in [0.25, 0.3) is 0 Å². The van der Waals surface area contributed by atoms with Crippen molar-refractivity contribution in [3.63, 3.8) is 0 Å². The molecular weight excluding hydrogens is 162 g/mol. The van der Waals surface area contributed by atoms with Gasteiger partial charge in [-0.25, -0.2) is 0 Å². The van der Waals surface area contributed by atoms with Crippen molar-refractivity contribution in [2.24, 2.45) is 0 Å². The molecule has 0 unspecified atom stereocenters. The summed E-state index contributed by atoms with van der Waals surface area (Å²) in [5, 5.41) is 11.0. The number of nitrogens with one attached hydrogen (secondary N) is 1. The summed E-state index contributed by atoms with van der Waals surface area (Å²) < 4.78 is 10.3. The van der Waals surface area contributed by atoms with Crippen molar-refractivity contribution >= 4 is 5.97 Å². The average molecular weight is 175 g/mol. The van der Waals surface area contributed by atoms with Crippen LogP contribution in [-0.2, 0) is 14.3 Å². The van der Waals surface area contributed by atoms with E-state index in [2.05, 4.69) is 5.32 Å². The van der Waals surface area contributed by atoms with Crippen LogP contribution in [0.15, 0.2) is 0 Å². The summed E-state index contributed by atoms with van der Waals surface area (Å²) in [6.07, 6.45) is 0.438. The summed E-state index contributed by atoms with van der Waals surface area (Å²) >= 11 is 0. The second kappa shape index (κ2) is 4.39. The monoisotopic (exact) mass is 175 g/mol. The lowest BCUT2D eigenvalue weighted by atomic mass is 10.3. The maximum atomic E-state index is 10.1. The molecule has 0 aliphatic carbocycles. The summed E-state index contributed by atoms with van der Waals surface area (Å²) in [6, 6.07) is 0. The van der Waals surface area contributed by atoms with Gasteiger partial charge in [-0.15, -0.1) is 0 Å². The predicted octanol–water partition coefficient (Wildman–Crippen LogP) is -0.230. The van der Waals surface area contributed by atoms with E-state index in [1.165, 1.54) is 0 Å². The molecule has 1 saturated heterocycles. The minimum Gasteiger partial charge on any atom is -0.480 e. The molecule has 0 amide bonds. The molecule has 1 aliphatic rings. The normalized spacial score (nSPS) is 28.1. The number of hydrogen-bond acceptors (Lipinski definition) is 4. The van der Waals surface area contributed by atoms with Gasteiger partial charge in [0.1, 0.15) is 0 Å². The smallest absolute Gasteiger partial charge is 0.317 e. The largest absolute Gasteiger partial charge is 0.480 e. The standard InChI is InChI=1S/C7H13NO4/c1-5-11-7(12-5)2-3-8-4-6(9)10/h5,7-8H,2-4H2,1H3,(H,9,10). The third-order valence-electron chi connectivity index (χ3n) is 1.52. The van der Waals surface area contributed by atoms with Crippen LogP contribution in [-0.4, -0.2) is 36.7 Å². The van der Waals surface area contributed by atoms with Gasteiger partial charge < -0.3 is 19.9 Å². The maximum absolute atomic E-state index is 10.1. The van der Waals surface area contributed by atoms with Gasteiger partial charge >= 0.3 is 5.97 Å². The van der Waals surface area contributed by atoms with E-state index in [1.807, 2.05) is 6.92 Å². The van der Waals surface area contributed by atoms with E-state index in [0.717, 1.165) is 0 Å². The number of carboxylic acid groups (broad SMARTS) is 1. The maximum Gasteiger partial charge on any atom is 0.317 e. The number of carboxylic acids is 1. The Kier molecular flexibility index (Phi) is 3.46. The van der Waals surface area contributed by atoms with Gasteiger partial charge in [0.2, 0.25) is 0 Å². The van der Waals surface area contributed by atoms with Crippen molar-refractivity contribution < 1.29 is 19.4 Å². The Morgan fingerprint density at radius 3 is 2.75 bits per heavy atom. The molecule has 1 heterocycles. The first-order valence-corrected chi connectivity index (χ1v) is 3.92. The molecule has 0 aromatic heterocycles. The van der Waals surface area contributed by atoms with Crippen LogP contribution in [0.4, 0.5) is 0 Å². The summed E-state index contributed by atoms with van der Waals surface area (Å²) in [5.74, 6) is -0.848. The molecule has 1 aliphatic heterocycles. The van der Waals surface area contributed by atoms with Crippen LogP contribution in [0.2, 0.25) is 0 Å². The molecule has 0 aromatic carbocycles. The Hall–Kier alpha value is -0.650. The minimum absolute atomic E-state index is 0.0116. The molecule has 1 fully saturated rings. The third kappa shape index (κ3) is 3.17. The molecule has 2 N–H and O–H groups in total. The molecule has 12 heavy (non-hydrogen) atoms. The van der Waals surface area contributed by atoms with Crippen LogP contribution in [0.5, 0.6) is 0 Å². The highest BCUT2D eigenvalue weighted by molar-refractivity contribution is 5.68. The van der Waals surface area contributed by atoms with Gasteiger partial charge in [-0.3, -0.25) is 4.79 Å². The average Bonchev–Trinajstić information content (AvgIpc) is 1.93. The van der Waals surface area contributed by atoms with E-state index in [1.54, 1.807) is 0 Å². The van der Waals surface area contributed by atoms with Gasteiger partial charge in [0.05, 0.1) is 6.54 Å². The fourth-order valence-corrected chi connectivity index (χ4v) is 0.989. The van der Waals surface area contributed by atoms with Crippen molar-refractivity contribution in [3.05, 3.63) is 0 Å². The van der Waals surface area contributed by atoms with Gasteiger partial charge in [0.25, 0.3) is 0 Å². The molecule has 5 heteroatoms. The Labute approximate surface area is 70.7 Å². The second-order valence-corrected chi connectivity index (χ2v) is 2.63. The van der Waals surface area contributed by atoms with E-state index >= 15 is 0 Å². The Morgan fingerprint density at radius 2 is 2.25 bits per heavy atom. The van der Waals surface area contributed by atoms with E-state index in [9.17, 15) is 4.79 Å². The Bertz CT molecular complexity index is 155. The van der Waals surface area contributed by atoms with Crippen molar-refractivity contribution in [2.75, 3.05) is 13.1 Å². The van der Waals surface area contributed by atoms with Crippen LogP contribution >= 0.6 is 0 Å². The highest BCUT2D eigenvalue weighted by Gasteiger charge is 2.25. The fraction of sp³-hybridized carbons (Fsp3) is 0.857. The van der Waals surface area contributed by atoms with E-state index in [-0.39, 0.29) is 19.1 Å². The topological polar surface area (TPSA) is 67.8 Å². The zero-order valence-corrected chi connectivity index (χ0v) is 6.95. The van der Waals surface area contributed by atoms with Crippen molar-refractivity contribution in [1.29, 1.82) is 0 Å². The van der Waals surface area contributed by atoms with Gasteiger partial charge in [-0.1, -0.05) is 0 Å². The second-order valence-electron chi connectivity index (χ2n) is 2.63. The molecule has 0 bridgehead atoms. The molecule has 1 rings (SSSR count). The molecule has 0 spiro atoms. The molecule has 0 radical (unpaired) electrons. The first-order chi connectivity index (χ1) is 5.68. The quantitative estimate of drug-likeness (QED) is 0.565. The van der Waals surface area contributed by atoms with Gasteiger partial charge in [-0.05, 0) is 6.92 Å². The van der Waals surface area contributed by atoms with Crippen LogP contribution in [0.1, 0.15) is 13.3 Å². The third-order valence-corrected chi connectivity index (χ3v) is 1.52. The van der Waals surface area contributed by atoms with Crippen molar-refractivity contribution in [1.82, 2.24) is 5.32 Å². The van der Waals surface area contributed by atoms with Crippen molar-refractivity contribution in [2.45, 2.75) is 25.9 Å². The lowest BCUT2D eigenvalue weighted by molar-refractivity contribution is -0.376. The van der Waals surface area contributed by atoms with Crippen molar-refractivity contribution in [3.8, 4) is 0 Å². The predicted molar refractivity (Wildman–Crippen MR) is 40.5 cm³/mol. The zero-order chi connectivity index (χ0) is 8.97. The van der Waals surface area contributed by atoms with Crippen LogP contribution in [0, 0.1) is 0 Å². The summed E-state index contributed by atoms with van der Waals surface area (Å²) in [5.41, 5.74) is 0. The fourth-order valence-electron chi connectivity index (χ4n) is 0.989.